The van der Waals surface area contributed by atoms with Gasteiger partial charge >= 0.3 is 0 Å². The second kappa shape index (κ2) is 3.37. The van der Waals surface area contributed by atoms with E-state index < -0.39 is 0 Å². The maximum atomic E-state index is 5.56. The first-order chi connectivity index (χ1) is 4.77. The second-order valence-electron chi connectivity index (χ2n) is 2.07. The molecule has 2 N–H and O–H groups in total. The Kier molecular flexibility index (Phi) is 2.71. The lowest BCUT2D eigenvalue weighted by Gasteiger charge is -2.07. The summed E-state index contributed by atoms with van der Waals surface area (Å²) in [7, 11) is 1.68. The number of ether oxygens (including phenoxy) is 1. The fourth-order valence-corrected chi connectivity index (χ4v) is 1.85. The lowest BCUT2D eigenvalue weighted by atomic mass is 10.3. The molecule has 0 aromatic rings. The van der Waals surface area contributed by atoms with Crippen molar-refractivity contribution in [2.75, 3.05) is 7.11 Å². The first kappa shape index (κ1) is 8.04. The molecule has 1 aliphatic rings. The molecular formula is C6H12N2OS. The largest absolute Gasteiger partial charge is 0.365 e. The number of aliphatic imine (C=N–C) groups is 1. The molecule has 1 heterocycles. The molecular weight excluding hydrogens is 148 g/mol. The minimum Gasteiger partial charge on any atom is -0.365 e. The molecule has 0 aliphatic carbocycles. The van der Waals surface area contributed by atoms with E-state index in [-0.39, 0.29) is 10.9 Å². The van der Waals surface area contributed by atoms with E-state index in [9.17, 15) is 0 Å². The zero-order chi connectivity index (χ0) is 7.56. The van der Waals surface area contributed by atoms with Crippen LogP contribution in [0.4, 0.5) is 0 Å². The van der Waals surface area contributed by atoms with Crippen LogP contribution in [0.2, 0.25) is 0 Å². The third-order valence-electron chi connectivity index (χ3n) is 1.40. The summed E-state index contributed by atoms with van der Waals surface area (Å²) in [5.74, 6) is 0. The highest BCUT2D eigenvalue weighted by molar-refractivity contribution is 8.01. The average molecular weight is 160 g/mol. The van der Waals surface area contributed by atoms with Crippen LogP contribution in [-0.2, 0) is 4.74 Å². The maximum absolute atomic E-state index is 5.56. The van der Waals surface area contributed by atoms with E-state index in [1.165, 1.54) is 0 Å². The lowest BCUT2D eigenvalue weighted by molar-refractivity contribution is 0.220. The number of thioether (sulfide) groups is 1. The highest BCUT2D eigenvalue weighted by Crippen LogP contribution is 2.25. The highest BCUT2D eigenvalue weighted by Gasteiger charge is 2.24. The summed E-state index contributed by atoms with van der Waals surface area (Å²) in [6.07, 6.45) is 0.930. The molecule has 4 heteroatoms. The van der Waals surface area contributed by atoms with Gasteiger partial charge in [0.15, 0.2) is 0 Å². The summed E-state index contributed by atoms with van der Waals surface area (Å²) in [5.41, 5.74) is 6.62. The third kappa shape index (κ3) is 1.51. The smallest absolute Gasteiger partial charge is 0.147 e. The summed E-state index contributed by atoms with van der Waals surface area (Å²) in [6, 6.07) is 0. The number of hydrogen-bond acceptors (Lipinski definition) is 4. The molecule has 10 heavy (non-hydrogen) atoms. The molecule has 1 aliphatic heterocycles. The molecule has 0 saturated heterocycles. The van der Waals surface area contributed by atoms with E-state index in [0.717, 1.165) is 12.1 Å². The second-order valence-corrected chi connectivity index (χ2v) is 3.25. The van der Waals surface area contributed by atoms with Gasteiger partial charge in [-0.05, 0) is 6.42 Å². The van der Waals surface area contributed by atoms with Gasteiger partial charge in [-0.1, -0.05) is 18.7 Å². The van der Waals surface area contributed by atoms with Crippen LogP contribution in [0.15, 0.2) is 4.99 Å². The number of methoxy groups -OCH3 is 1. The van der Waals surface area contributed by atoms with E-state index >= 15 is 0 Å². The van der Waals surface area contributed by atoms with Crippen LogP contribution in [0.3, 0.4) is 0 Å². The summed E-state index contributed by atoms with van der Waals surface area (Å²) in [5, 5.41) is 0. The van der Waals surface area contributed by atoms with Crippen LogP contribution in [0.1, 0.15) is 13.3 Å². The van der Waals surface area contributed by atoms with Crippen molar-refractivity contribution in [1.82, 2.24) is 0 Å². The van der Waals surface area contributed by atoms with Crippen LogP contribution in [0, 0.1) is 0 Å². The van der Waals surface area contributed by atoms with Crippen LogP contribution in [-0.4, -0.2) is 23.8 Å². The number of hydrogen-bond donors (Lipinski definition) is 1. The van der Waals surface area contributed by atoms with E-state index in [1.807, 2.05) is 0 Å². The molecule has 2 atom stereocenters. The van der Waals surface area contributed by atoms with Crippen LogP contribution in [0.5, 0.6) is 0 Å². The Morgan fingerprint density at radius 2 is 2.50 bits per heavy atom. The van der Waals surface area contributed by atoms with Crippen LogP contribution >= 0.6 is 11.8 Å². The normalized spacial score (nSPS) is 32.5. The van der Waals surface area contributed by atoms with Crippen molar-refractivity contribution < 1.29 is 4.74 Å². The molecule has 0 radical (unpaired) electrons. The molecule has 0 aromatic carbocycles. The third-order valence-corrected chi connectivity index (χ3v) is 2.50. The number of rotatable bonds is 2. The summed E-state index contributed by atoms with van der Waals surface area (Å²) >= 11 is 1.55. The van der Waals surface area contributed by atoms with Gasteiger partial charge in [-0.15, -0.1) is 0 Å². The molecule has 0 saturated carbocycles. The van der Waals surface area contributed by atoms with Gasteiger partial charge in [-0.3, -0.25) is 4.99 Å². The molecule has 0 bridgehead atoms. The molecule has 3 nitrogen and oxygen atoms in total. The zero-order valence-electron chi connectivity index (χ0n) is 6.20. The minimum absolute atomic E-state index is 0.0972. The molecule has 1 rings (SSSR count). The monoisotopic (exact) mass is 160 g/mol. The Hall–Kier alpha value is -0.0600. The van der Waals surface area contributed by atoms with E-state index in [1.54, 1.807) is 18.9 Å². The standard InChI is InChI=1S/C6H12N2OS/c1-3-4-5(9-2)10-6(7)8-4/h5-6H,3,7H2,1-2H3. The van der Waals surface area contributed by atoms with Gasteiger partial charge in [0, 0.05) is 7.11 Å². The van der Waals surface area contributed by atoms with Crippen molar-refractivity contribution in [2.45, 2.75) is 24.3 Å². The van der Waals surface area contributed by atoms with Crippen molar-refractivity contribution in [3.63, 3.8) is 0 Å². The number of nitrogens with zero attached hydrogens (tertiary/aromatic N) is 1. The fraction of sp³-hybridized carbons (Fsp3) is 0.833. The SMILES string of the molecule is CCC1=NC(N)SC1OC. The van der Waals surface area contributed by atoms with Gasteiger partial charge in [-0.2, -0.15) is 0 Å². The van der Waals surface area contributed by atoms with Crippen LogP contribution < -0.4 is 5.73 Å². The Balaban J connectivity index is 2.56. The molecule has 0 aromatic heterocycles. The van der Waals surface area contributed by atoms with Gasteiger partial charge in [0.1, 0.15) is 10.9 Å². The molecule has 0 amide bonds. The summed E-state index contributed by atoms with van der Waals surface area (Å²) in [6.45, 7) is 2.06. The topological polar surface area (TPSA) is 47.6 Å². The average Bonchev–Trinajstić information content (AvgIpc) is 2.30. The van der Waals surface area contributed by atoms with Crippen molar-refractivity contribution in [1.29, 1.82) is 0 Å². The van der Waals surface area contributed by atoms with Gasteiger partial charge in [0.05, 0.1) is 5.71 Å². The van der Waals surface area contributed by atoms with Crippen molar-refractivity contribution in [2.24, 2.45) is 10.7 Å². The highest BCUT2D eigenvalue weighted by atomic mass is 32.2. The fourth-order valence-electron chi connectivity index (χ4n) is 0.909. The Morgan fingerprint density at radius 3 is 2.90 bits per heavy atom. The first-order valence-electron chi connectivity index (χ1n) is 3.28. The Bertz CT molecular complexity index is 149. The van der Waals surface area contributed by atoms with E-state index in [0.29, 0.717) is 0 Å². The van der Waals surface area contributed by atoms with Crippen molar-refractivity contribution in [3.05, 3.63) is 0 Å². The number of nitrogens with two attached hydrogens (primary N) is 1. The predicted molar refractivity (Wildman–Crippen MR) is 44.1 cm³/mol. The van der Waals surface area contributed by atoms with Crippen molar-refractivity contribution in [3.8, 4) is 0 Å². The maximum Gasteiger partial charge on any atom is 0.147 e. The Morgan fingerprint density at radius 1 is 1.80 bits per heavy atom. The summed E-state index contributed by atoms with van der Waals surface area (Å²) in [4.78, 5) is 4.19. The van der Waals surface area contributed by atoms with E-state index in [4.69, 9.17) is 10.5 Å². The first-order valence-corrected chi connectivity index (χ1v) is 4.22. The van der Waals surface area contributed by atoms with Crippen molar-refractivity contribution >= 4 is 17.5 Å². The van der Waals surface area contributed by atoms with Crippen LogP contribution in [0.25, 0.3) is 0 Å². The molecule has 2 unspecified atom stereocenters. The quantitative estimate of drug-likeness (QED) is 0.650. The lowest BCUT2D eigenvalue weighted by Crippen LogP contribution is -2.14. The Labute approximate surface area is 65.0 Å². The van der Waals surface area contributed by atoms with E-state index in [2.05, 4.69) is 11.9 Å². The van der Waals surface area contributed by atoms with Gasteiger partial charge in [0.25, 0.3) is 0 Å². The molecule has 58 valence electrons. The van der Waals surface area contributed by atoms with Gasteiger partial charge < -0.3 is 10.5 Å². The van der Waals surface area contributed by atoms with Gasteiger partial charge in [-0.25, -0.2) is 0 Å². The van der Waals surface area contributed by atoms with Gasteiger partial charge in [0.2, 0.25) is 0 Å². The predicted octanol–water partition coefficient (Wildman–Crippen LogP) is 0.799. The summed E-state index contributed by atoms with van der Waals surface area (Å²) < 4.78 is 5.14. The zero-order valence-corrected chi connectivity index (χ0v) is 7.02. The minimum atomic E-state index is -0.111. The molecule has 0 spiro atoms. The molecule has 0 fully saturated rings.